The standard InChI is InChI=1S/C21H26N2O4/c1-4-17(21(25)22-2)23(14-16-10-6-5-7-11-16)20(24)15-27-19-13-9-8-12-18(19)26-3/h5-13,17H,4,14-15H2,1-3H3,(H,22,25). The summed E-state index contributed by atoms with van der Waals surface area (Å²) in [7, 11) is 3.12. The SMILES string of the molecule is CCC(C(=O)NC)N(Cc1ccccc1)C(=O)COc1ccccc1OC. The fourth-order valence-electron chi connectivity index (χ4n) is 2.83. The molecule has 1 atom stereocenters. The van der Waals surface area contributed by atoms with Crippen molar-refractivity contribution in [2.24, 2.45) is 0 Å². The van der Waals surface area contributed by atoms with Gasteiger partial charge in [0, 0.05) is 13.6 Å². The third-order valence-electron chi connectivity index (χ3n) is 4.25. The first-order chi connectivity index (χ1) is 13.1. The predicted octanol–water partition coefficient (Wildman–Crippen LogP) is 2.63. The Morgan fingerprint density at radius 2 is 1.67 bits per heavy atom. The summed E-state index contributed by atoms with van der Waals surface area (Å²) in [5, 5.41) is 2.64. The number of carbonyl (C=O) groups excluding carboxylic acids is 2. The molecule has 0 radical (unpaired) electrons. The Hall–Kier alpha value is -3.02. The number of ether oxygens (including phenoxy) is 2. The van der Waals surface area contributed by atoms with Gasteiger partial charge in [0.15, 0.2) is 18.1 Å². The molecular weight excluding hydrogens is 344 g/mol. The van der Waals surface area contributed by atoms with E-state index in [0.29, 0.717) is 24.5 Å². The summed E-state index contributed by atoms with van der Waals surface area (Å²) in [6.07, 6.45) is 0.507. The van der Waals surface area contributed by atoms with Crippen molar-refractivity contribution in [1.82, 2.24) is 10.2 Å². The summed E-state index contributed by atoms with van der Waals surface area (Å²) in [6, 6.07) is 16.2. The van der Waals surface area contributed by atoms with Gasteiger partial charge in [-0.1, -0.05) is 49.4 Å². The van der Waals surface area contributed by atoms with Crippen molar-refractivity contribution in [3.63, 3.8) is 0 Å². The third kappa shape index (κ3) is 5.48. The van der Waals surface area contributed by atoms with Crippen molar-refractivity contribution in [3.05, 3.63) is 60.2 Å². The molecule has 0 saturated carbocycles. The molecule has 0 fully saturated rings. The molecule has 0 heterocycles. The van der Waals surface area contributed by atoms with E-state index in [9.17, 15) is 9.59 Å². The lowest BCUT2D eigenvalue weighted by Crippen LogP contribution is -2.49. The molecule has 1 unspecified atom stereocenters. The lowest BCUT2D eigenvalue weighted by molar-refractivity contribution is -0.142. The second-order valence-corrected chi connectivity index (χ2v) is 5.99. The lowest BCUT2D eigenvalue weighted by atomic mass is 10.1. The number of para-hydroxylation sites is 2. The van der Waals surface area contributed by atoms with Crippen LogP contribution in [0.3, 0.4) is 0 Å². The number of methoxy groups -OCH3 is 1. The van der Waals surface area contributed by atoms with Crippen LogP contribution in [0.2, 0.25) is 0 Å². The minimum absolute atomic E-state index is 0.180. The molecule has 6 heteroatoms. The molecule has 0 saturated heterocycles. The van der Waals surface area contributed by atoms with Crippen LogP contribution in [0.1, 0.15) is 18.9 Å². The zero-order chi connectivity index (χ0) is 19.6. The van der Waals surface area contributed by atoms with Gasteiger partial charge >= 0.3 is 0 Å². The summed E-state index contributed by atoms with van der Waals surface area (Å²) in [6.45, 7) is 2.04. The summed E-state index contributed by atoms with van der Waals surface area (Å²) in [5.41, 5.74) is 0.950. The van der Waals surface area contributed by atoms with Crippen molar-refractivity contribution in [3.8, 4) is 11.5 Å². The quantitative estimate of drug-likeness (QED) is 0.737. The van der Waals surface area contributed by atoms with Crippen LogP contribution in [0, 0.1) is 0 Å². The Bertz CT molecular complexity index is 749. The van der Waals surface area contributed by atoms with Gasteiger partial charge in [0.2, 0.25) is 5.91 Å². The summed E-state index contributed by atoms with van der Waals surface area (Å²) < 4.78 is 10.9. The van der Waals surface area contributed by atoms with Crippen LogP contribution in [0.15, 0.2) is 54.6 Å². The Kier molecular flexibility index (Phi) is 7.67. The first-order valence-electron chi connectivity index (χ1n) is 8.91. The van der Waals surface area contributed by atoms with Crippen molar-refractivity contribution >= 4 is 11.8 Å². The highest BCUT2D eigenvalue weighted by Crippen LogP contribution is 2.26. The highest BCUT2D eigenvalue weighted by atomic mass is 16.5. The zero-order valence-electron chi connectivity index (χ0n) is 16.0. The third-order valence-corrected chi connectivity index (χ3v) is 4.25. The molecule has 0 aliphatic heterocycles. The van der Waals surface area contributed by atoms with E-state index in [0.717, 1.165) is 5.56 Å². The molecule has 2 amide bonds. The van der Waals surface area contributed by atoms with Gasteiger partial charge in [-0.15, -0.1) is 0 Å². The van der Waals surface area contributed by atoms with Crippen molar-refractivity contribution in [2.75, 3.05) is 20.8 Å². The molecule has 27 heavy (non-hydrogen) atoms. The Labute approximate surface area is 160 Å². The molecule has 2 rings (SSSR count). The maximum absolute atomic E-state index is 12.9. The predicted molar refractivity (Wildman–Crippen MR) is 104 cm³/mol. The number of hydrogen-bond donors (Lipinski definition) is 1. The molecule has 0 aliphatic carbocycles. The van der Waals surface area contributed by atoms with Crippen LogP contribution in [0.5, 0.6) is 11.5 Å². The number of rotatable bonds is 9. The molecule has 0 aromatic heterocycles. The first-order valence-corrected chi connectivity index (χ1v) is 8.91. The molecule has 0 bridgehead atoms. The minimum atomic E-state index is -0.566. The molecular formula is C21H26N2O4. The summed E-state index contributed by atoms with van der Waals surface area (Å²) >= 11 is 0. The highest BCUT2D eigenvalue weighted by Gasteiger charge is 2.28. The van der Waals surface area contributed by atoms with E-state index in [1.54, 1.807) is 31.2 Å². The number of carbonyl (C=O) groups is 2. The fourth-order valence-corrected chi connectivity index (χ4v) is 2.83. The smallest absolute Gasteiger partial charge is 0.261 e. The number of hydrogen-bond acceptors (Lipinski definition) is 4. The van der Waals surface area contributed by atoms with Crippen LogP contribution < -0.4 is 14.8 Å². The van der Waals surface area contributed by atoms with Crippen molar-refractivity contribution in [2.45, 2.75) is 25.9 Å². The van der Waals surface area contributed by atoms with Crippen LogP contribution in [-0.4, -0.2) is 43.5 Å². The van der Waals surface area contributed by atoms with E-state index in [1.807, 2.05) is 49.4 Å². The van der Waals surface area contributed by atoms with Crippen LogP contribution in [-0.2, 0) is 16.1 Å². The van der Waals surface area contributed by atoms with Gasteiger partial charge in [-0.3, -0.25) is 9.59 Å². The first kappa shape index (κ1) is 20.3. The van der Waals surface area contributed by atoms with E-state index in [4.69, 9.17) is 9.47 Å². The van der Waals surface area contributed by atoms with Gasteiger partial charge in [0.1, 0.15) is 6.04 Å². The van der Waals surface area contributed by atoms with E-state index in [2.05, 4.69) is 5.32 Å². The van der Waals surface area contributed by atoms with Gasteiger partial charge < -0.3 is 19.7 Å². The number of likely N-dealkylation sites (N-methyl/N-ethyl adjacent to an activating group) is 1. The molecule has 2 aromatic carbocycles. The Morgan fingerprint density at radius 1 is 1.04 bits per heavy atom. The van der Waals surface area contributed by atoms with Crippen LogP contribution in [0.25, 0.3) is 0 Å². The monoisotopic (exact) mass is 370 g/mol. The second kappa shape index (κ2) is 10.2. The number of amides is 2. The molecule has 1 N–H and O–H groups in total. The van der Waals surface area contributed by atoms with Crippen LogP contribution >= 0.6 is 0 Å². The lowest BCUT2D eigenvalue weighted by Gasteiger charge is -2.30. The number of nitrogens with zero attached hydrogens (tertiary/aromatic N) is 1. The summed E-state index contributed by atoms with van der Waals surface area (Å²) in [5.74, 6) is 0.582. The molecule has 144 valence electrons. The van der Waals surface area contributed by atoms with E-state index < -0.39 is 6.04 Å². The minimum Gasteiger partial charge on any atom is -0.493 e. The second-order valence-electron chi connectivity index (χ2n) is 5.99. The van der Waals surface area contributed by atoms with Gasteiger partial charge in [0.05, 0.1) is 7.11 Å². The number of nitrogens with one attached hydrogen (secondary N) is 1. The topological polar surface area (TPSA) is 67.9 Å². The van der Waals surface area contributed by atoms with E-state index in [1.165, 1.54) is 0 Å². The van der Waals surface area contributed by atoms with Crippen LogP contribution in [0.4, 0.5) is 0 Å². The van der Waals surface area contributed by atoms with Gasteiger partial charge in [-0.05, 0) is 24.1 Å². The average molecular weight is 370 g/mol. The molecule has 6 nitrogen and oxygen atoms in total. The normalized spacial score (nSPS) is 11.4. The maximum Gasteiger partial charge on any atom is 0.261 e. The van der Waals surface area contributed by atoms with E-state index >= 15 is 0 Å². The molecule has 2 aromatic rings. The molecule has 0 aliphatic rings. The average Bonchev–Trinajstić information content (AvgIpc) is 2.72. The molecule has 0 spiro atoms. The fraction of sp³-hybridized carbons (Fsp3) is 0.333. The largest absolute Gasteiger partial charge is 0.493 e. The van der Waals surface area contributed by atoms with Gasteiger partial charge in [0.25, 0.3) is 5.91 Å². The van der Waals surface area contributed by atoms with Gasteiger partial charge in [-0.2, -0.15) is 0 Å². The number of benzene rings is 2. The highest BCUT2D eigenvalue weighted by molar-refractivity contribution is 5.88. The van der Waals surface area contributed by atoms with Crippen molar-refractivity contribution in [1.29, 1.82) is 0 Å². The van der Waals surface area contributed by atoms with Crippen molar-refractivity contribution < 1.29 is 19.1 Å². The summed E-state index contributed by atoms with van der Waals surface area (Å²) in [4.78, 5) is 26.8. The van der Waals surface area contributed by atoms with E-state index in [-0.39, 0.29) is 18.4 Å². The Balaban J connectivity index is 2.18. The Morgan fingerprint density at radius 3 is 2.26 bits per heavy atom. The van der Waals surface area contributed by atoms with Gasteiger partial charge in [-0.25, -0.2) is 0 Å². The zero-order valence-corrected chi connectivity index (χ0v) is 16.0. The maximum atomic E-state index is 12.9.